The predicted molar refractivity (Wildman–Crippen MR) is 112 cm³/mol. The van der Waals surface area contributed by atoms with Crippen LogP contribution < -0.4 is 14.8 Å². The Morgan fingerprint density at radius 3 is 2.48 bits per heavy atom. The highest BCUT2D eigenvalue weighted by molar-refractivity contribution is 6.31. The summed E-state index contributed by atoms with van der Waals surface area (Å²) in [6.07, 6.45) is 0. The molecule has 0 aliphatic carbocycles. The highest BCUT2D eigenvalue weighted by Gasteiger charge is 2.23. The van der Waals surface area contributed by atoms with Gasteiger partial charge in [-0.1, -0.05) is 17.7 Å². The van der Waals surface area contributed by atoms with E-state index in [0.717, 1.165) is 0 Å². The Morgan fingerprint density at radius 2 is 1.79 bits per heavy atom. The standard InChI is InChI=1S/C21H24ClN3O4/c1-28-17-5-3-4-15(12-17)21(27)25-10-8-24(9-11-25)14-20(26)23-18-13-16(22)6-7-19(18)29-2/h3-7,12-13H,8-11,14H2,1-2H3,(H,23,26). The van der Waals surface area contributed by atoms with Crippen LogP contribution in [0.4, 0.5) is 5.69 Å². The Labute approximate surface area is 175 Å². The summed E-state index contributed by atoms with van der Waals surface area (Å²) in [4.78, 5) is 28.9. The second-order valence-electron chi connectivity index (χ2n) is 6.69. The molecule has 3 rings (SSSR count). The molecule has 1 aliphatic heterocycles. The summed E-state index contributed by atoms with van der Waals surface area (Å²) < 4.78 is 10.4. The molecule has 8 heteroatoms. The molecule has 7 nitrogen and oxygen atoms in total. The molecule has 0 atom stereocenters. The van der Waals surface area contributed by atoms with E-state index in [1.807, 2.05) is 11.0 Å². The fourth-order valence-electron chi connectivity index (χ4n) is 3.22. The molecule has 1 heterocycles. The molecule has 154 valence electrons. The molecule has 1 aliphatic rings. The van der Waals surface area contributed by atoms with E-state index in [1.165, 1.54) is 7.11 Å². The number of methoxy groups -OCH3 is 2. The molecular weight excluding hydrogens is 394 g/mol. The molecule has 0 saturated carbocycles. The van der Waals surface area contributed by atoms with E-state index in [2.05, 4.69) is 5.32 Å². The molecule has 0 spiro atoms. The number of benzene rings is 2. The minimum atomic E-state index is -0.155. The Morgan fingerprint density at radius 1 is 1.03 bits per heavy atom. The van der Waals surface area contributed by atoms with E-state index < -0.39 is 0 Å². The topological polar surface area (TPSA) is 71.1 Å². The maximum absolute atomic E-state index is 12.7. The van der Waals surface area contributed by atoms with Crippen LogP contribution in [-0.2, 0) is 4.79 Å². The predicted octanol–water partition coefficient (Wildman–Crippen LogP) is 2.75. The molecule has 0 unspecified atom stereocenters. The van der Waals surface area contributed by atoms with E-state index in [0.29, 0.717) is 54.0 Å². The Hall–Kier alpha value is -2.77. The van der Waals surface area contributed by atoms with Gasteiger partial charge in [0.05, 0.1) is 26.5 Å². The quantitative estimate of drug-likeness (QED) is 0.782. The van der Waals surface area contributed by atoms with Gasteiger partial charge in [-0.05, 0) is 36.4 Å². The van der Waals surface area contributed by atoms with Crippen molar-refractivity contribution < 1.29 is 19.1 Å². The minimum Gasteiger partial charge on any atom is -0.497 e. The number of ether oxygens (including phenoxy) is 2. The van der Waals surface area contributed by atoms with Gasteiger partial charge in [0.1, 0.15) is 11.5 Å². The van der Waals surface area contributed by atoms with Crippen molar-refractivity contribution in [1.82, 2.24) is 9.80 Å². The monoisotopic (exact) mass is 417 g/mol. The lowest BCUT2D eigenvalue weighted by Gasteiger charge is -2.34. The van der Waals surface area contributed by atoms with Crippen molar-refractivity contribution in [3.8, 4) is 11.5 Å². The van der Waals surface area contributed by atoms with Crippen LogP contribution in [0.1, 0.15) is 10.4 Å². The molecule has 2 aromatic carbocycles. The zero-order valence-corrected chi connectivity index (χ0v) is 17.2. The normalized spacial score (nSPS) is 14.4. The highest BCUT2D eigenvalue weighted by atomic mass is 35.5. The van der Waals surface area contributed by atoms with Gasteiger partial charge in [0, 0.05) is 36.8 Å². The lowest BCUT2D eigenvalue weighted by molar-refractivity contribution is -0.117. The van der Waals surface area contributed by atoms with Crippen LogP contribution in [0, 0.1) is 0 Å². The molecule has 1 N–H and O–H groups in total. The summed E-state index contributed by atoms with van der Waals surface area (Å²) in [5.41, 5.74) is 1.14. The highest BCUT2D eigenvalue weighted by Crippen LogP contribution is 2.27. The number of amides is 2. The first-order valence-corrected chi connectivity index (χ1v) is 9.67. The van der Waals surface area contributed by atoms with Crippen molar-refractivity contribution in [2.45, 2.75) is 0 Å². The summed E-state index contributed by atoms with van der Waals surface area (Å²) in [6.45, 7) is 2.59. The largest absolute Gasteiger partial charge is 0.497 e. The van der Waals surface area contributed by atoms with Gasteiger partial charge in [-0.2, -0.15) is 0 Å². The lowest BCUT2D eigenvalue weighted by atomic mass is 10.1. The van der Waals surface area contributed by atoms with Gasteiger partial charge in [-0.3, -0.25) is 14.5 Å². The molecule has 0 bridgehead atoms. The van der Waals surface area contributed by atoms with Gasteiger partial charge in [0.15, 0.2) is 0 Å². The van der Waals surface area contributed by atoms with Gasteiger partial charge < -0.3 is 19.7 Å². The summed E-state index contributed by atoms with van der Waals surface area (Å²) >= 11 is 6.00. The van der Waals surface area contributed by atoms with Gasteiger partial charge >= 0.3 is 0 Å². The summed E-state index contributed by atoms with van der Waals surface area (Å²) in [5.74, 6) is 1.02. The molecule has 2 aromatic rings. The van der Waals surface area contributed by atoms with Crippen LogP contribution in [0.25, 0.3) is 0 Å². The molecule has 29 heavy (non-hydrogen) atoms. The molecule has 2 amide bonds. The van der Waals surface area contributed by atoms with Crippen molar-refractivity contribution in [2.24, 2.45) is 0 Å². The van der Waals surface area contributed by atoms with Crippen molar-refractivity contribution in [3.05, 3.63) is 53.1 Å². The number of nitrogens with zero attached hydrogens (tertiary/aromatic N) is 2. The number of piperazine rings is 1. The first-order chi connectivity index (χ1) is 14.0. The van der Waals surface area contributed by atoms with Crippen molar-refractivity contribution in [2.75, 3.05) is 52.3 Å². The van der Waals surface area contributed by atoms with Gasteiger partial charge in [-0.15, -0.1) is 0 Å². The fraction of sp³-hybridized carbons (Fsp3) is 0.333. The Kier molecular flexibility index (Phi) is 6.95. The average Bonchev–Trinajstić information content (AvgIpc) is 2.74. The third-order valence-electron chi connectivity index (χ3n) is 4.78. The zero-order valence-electron chi connectivity index (χ0n) is 16.5. The Balaban J connectivity index is 1.52. The van der Waals surface area contributed by atoms with E-state index in [1.54, 1.807) is 48.4 Å². The van der Waals surface area contributed by atoms with Crippen LogP contribution in [0.15, 0.2) is 42.5 Å². The van der Waals surface area contributed by atoms with Gasteiger partial charge in [0.2, 0.25) is 5.91 Å². The van der Waals surface area contributed by atoms with E-state index in [9.17, 15) is 9.59 Å². The minimum absolute atomic E-state index is 0.0309. The van der Waals surface area contributed by atoms with Crippen LogP contribution in [0.3, 0.4) is 0 Å². The number of nitrogens with one attached hydrogen (secondary N) is 1. The average molecular weight is 418 g/mol. The number of anilines is 1. The molecular formula is C21H24ClN3O4. The Bertz CT molecular complexity index is 882. The second kappa shape index (κ2) is 9.62. The zero-order chi connectivity index (χ0) is 20.8. The maximum atomic E-state index is 12.7. The van der Waals surface area contributed by atoms with Crippen molar-refractivity contribution >= 4 is 29.1 Å². The van der Waals surface area contributed by atoms with Crippen LogP contribution in [0.2, 0.25) is 5.02 Å². The van der Waals surface area contributed by atoms with Crippen molar-refractivity contribution in [3.63, 3.8) is 0 Å². The third-order valence-corrected chi connectivity index (χ3v) is 5.01. The maximum Gasteiger partial charge on any atom is 0.254 e. The first-order valence-electron chi connectivity index (χ1n) is 9.29. The second-order valence-corrected chi connectivity index (χ2v) is 7.13. The van der Waals surface area contributed by atoms with Crippen LogP contribution in [0.5, 0.6) is 11.5 Å². The smallest absolute Gasteiger partial charge is 0.254 e. The van der Waals surface area contributed by atoms with E-state index in [-0.39, 0.29) is 18.4 Å². The molecule has 1 saturated heterocycles. The summed E-state index contributed by atoms with van der Waals surface area (Å²) in [6, 6.07) is 12.2. The number of hydrogen-bond donors (Lipinski definition) is 1. The molecule has 0 radical (unpaired) electrons. The first kappa shape index (κ1) is 21.0. The van der Waals surface area contributed by atoms with E-state index >= 15 is 0 Å². The number of rotatable bonds is 6. The van der Waals surface area contributed by atoms with Gasteiger partial charge in [0.25, 0.3) is 5.91 Å². The number of halogens is 1. The third kappa shape index (κ3) is 5.40. The summed E-state index contributed by atoms with van der Waals surface area (Å²) in [7, 11) is 3.11. The van der Waals surface area contributed by atoms with Crippen LogP contribution in [-0.4, -0.2) is 68.6 Å². The number of carbonyl (C=O) groups excluding carboxylic acids is 2. The van der Waals surface area contributed by atoms with Crippen LogP contribution >= 0.6 is 11.6 Å². The fourth-order valence-corrected chi connectivity index (χ4v) is 3.39. The number of hydrogen-bond acceptors (Lipinski definition) is 5. The van der Waals surface area contributed by atoms with E-state index in [4.69, 9.17) is 21.1 Å². The summed E-state index contributed by atoms with van der Waals surface area (Å²) in [5, 5.41) is 3.36. The van der Waals surface area contributed by atoms with Gasteiger partial charge in [-0.25, -0.2) is 0 Å². The van der Waals surface area contributed by atoms with Crippen molar-refractivity contribution in [1.29, 1.82) is 0 Å². The SMILES string of the molecule is COc1cccc(C(=O)N2CCN(CC(=O)Nc3cc(Cl)ccc3OC)CC2)c1. The lowest BCUT2D eigenvalue weighted by Crippen LogP contribution is -2.50. The molecule has 0 aromatic heterocycles. The number of carbonyl (C=O) groups is 2. The molecule has 1 fully saturated rings.